The maximum absolute atomic E-state index is 11.6. The third-order valence-corrected chi connectivity index (χ3v) is 7.91. The minimum Gasteiger partial charge on any atom is -0.495 e. The molecule has 5 nitrogen and oxygen atoms in total. The summed E-state index contributed by atoms with van der Waals surface area (Å²) in [6, 6.07) is 10.6. The van der Waals surface area contributed by atoms with Crippen LogP contribution in [0.1, 0.15) is 61.3 Å². The number of piperidine rings is 1. The van der Waals surface area contributed by atoms with Gasteiger partial charge in [0.2, 0.25) is 0 Å². The quantitative estimate of drug-likeness (QED) is 0.556. The zero-order chi connectivity index (χ0) is 23.8. The summed E-state index contributed by atoms with van der Waals surface area (Å²) >= 11 is 6.21. The van der Waals surface area contributed by atoms with Gasteiger partial charge in [-0.05, 0) is 86.9 Å². The molecule has 2 aliphatic rings. The first-order valence-corrected chi connectivity index (χ1v) is 12.3. The van der Waals surface area contributed by atoms with Gasteiger partial charge in [-0.25, -0.2) is 0 Å². The van der Waals surface area contributed by atoms with Crippen molar-refractivity contribution in [3.63, 3.8) is 0 Å². The van der Waals surface area contributed by atoms with Crippen LogP contribution in [-0.4, -0.2) is 47.0 Å². The van der Waals surface area contributed by atoms with Crippen LogP contribution in [0.4, 0.5) is 0 Å². The Bertz CT molecular complexity index is 978. The molecule has 2 saturated heterocycles. The number of aliphatic hydroxyl groups excluding tert-OH is 1. The van der Waals surface area contributed by atoms with E-state index in [1.165, 1.54) is 11.1 Å². The fourth-order valence-corrected chi connectivity index (χ4v) is 5.67. The second-order valence-electron chi connectivity index (χ2n) is 9.81. The lowest BCUT2D eigenvalue weighted by atomic mass is 9.80. The predicted molar refractivity (Wildman–Crippen MR) is 131 cm³/mol. The molecule has 180 valence electrons. The second kappa shape index (κ2) is 9.83. The molecular formula is C27H36ClNO4. The number of nitrogens with zero attached hydrogens (tertiary/aromatic N) is 1. The van der Waals surface area contributed by atoms with Gasteiger partial charge in [0, 0.05) is 25.0 Å². The van der Waals surface area contributed by atoms with Gasteiger partial charge in [-0.2, -0.15) is 0 Å². The molecule has 0 saturated carbocycles. The lowest BCUT2D eigenvalue weighted by molar-refractivity contribution is -0.0596. The van der Waals surface area contributed by atoms with E-state index in [0.717, 1.165) is 36.3 Å². The molecule has 0 radical (unpaired) electrons. The average molecular weight is 474 g/mol. The van der Waals surface area contributed by atoms with Crippen LogP contribution < -0.4 is 9.47 Å². The maximum Gasteiger partial charge on any atom is 0.137 e. The lowest BCUT2D eigenvalue weighted by Gasteiger charge is -2.44. The molecule has 6 heteroatoms. The van der Waals surface area contributed by atoms with Gasteiger partial charge < -0.3 is 19.7 Å². The molecule has 2 bridgehead atoms. The number of fused-ring (bicyclic) bond motifs is 2. The van der Waals surface area contributed by atoms with Crippen molar-refractivity contribution in [3.8, 4) is 11.5 Å². The number of methoxy groups -OCH3 is 1. The number of benzene rings is 2. The van der Waals surface area contributed by atoms with E-state index >= 15 is 0 Å². The molecule has 0 amide bonds. The summed E-state index contributed by atoms with van der Waals surface area (Å²) in [5.41, 5.74) is 3.77. The van der Waals surface area contributed by atoms with Gasteiger partial charge in [-0.15, -0.1) is 0 Å². The Morgan fingerprint density at radius 2 is 1.79 bits per heavy atom. The Labute approximate surface area is 202 Å². The molecule has 2 aromatic carbocycles. The van der Waals surface area contributed by atoms with Gasteiger partial charge in [-0.3, -0.25) is 4.90 Å². The van der Waals surface area contributed by atoms with E-state index in [2.05, 4.69) is 30.9 Å². The summed E-state index contributed by atoms with van der Waals surface area (Å²) in [6.45, 7) is 7.45. The molecule has 2 aromatic rings. The molecule has 2 fully saturated rings. The number of hydrogen-bond donors (Lipinski definition) is 2. The normalized spacial score (nSPS) is 25.8. The van der Waals surface area contributed by atoms with Crippen LogP contribution in [0.5, 0.6) is 11.5 Å². The highest BCUT2D eigenvalue weighted by Crippen LogP contribution is 2.47. The van der Waals surface area contributed by atoms with E-state index in [9.17, 15) is 10.2 Å². The molecular weight excluding hydrogens is 438 g/mol. The van der Waals surface area contributed by atoms with Gasteiger partial charge in [0.15, 0.2) is 0 Å². The zero-order valence-corrected chi connectivity index (χ0v) is 20.9. The first-order chi connectivity index (χ1) is 15.7. The third kappa shape index (κ3) is 5.02. The SMILES string of the molecule is COc1cc(C2(O)CC3CCC(C2)N3Cc2ccc(OCC[C@@H](C)O)c(C)c2C)ccc1Cl. The number of hydrogen-bond acceptors (Lipinski definition) is 5. The molecule has 2 N–H and O–H groups in total. The van der Waals surface area contributed by atoms with Gasteiger partial charge >= 0.3 is 0 Å². The number of halogens is 1. The third-order valence-electron chi connectivity index (χ3n) is 7.60. The van der Waals surface area contributed by atoms with E-state index in [1.807, 2.05) is 18.2 Å². The standard InChI is InChI=1S/C27H36ClNO4/c1-17(30)11-12-33-25-10-5-20(18(2)19(25)3)16-29-22-7-8-23(29)15-27(31,14-22)21-6-9-24(28)26(13-21)32-4/h5-6,9-10,13,17,22-23,30-31H,7-8,11-12,14-16H2,1-4H3/t17-,22?,23?,27?/m1/s1. The summed E-state index contributed by atoms with van der Waals surface area (Å²) in [5.74, 6) is 1.50. The summed E-state index contributed by atoms with van der Waals surface area (Å²) in [4.78, 5) is 2.58. The molecule has 33 heavy (non-hydrogen) atoms. The van der Waals surface area contributed by atoms with Crippen LogP contribution in [-0.2, 0) is 12.1 Å². The van der Waals surface area contributed by atoms with Crippen LogP contribution >= 0.6 is 11.6 Å². The van der Waals surface area contributed by atoms with E-state index < -0.39 is 5.60 Å². The zero-order valence-electron chi connectivity index (χ0n) is 20.1. The number of ether oxygens (including phenoxy) is 2. The molecule has 3 atom stereocenters. The lowest BCUT2D eigenvalue weighted by Crippen LogP contribution is -2.49. The van der Waals surface area contributed by atoms with Crippen molar-refractivity contribution in [2.75, 3.05) is 13.7 Å². The fraction of sp³-hybridized carbons (Fsp3) is 0.556. The highest BCUT2D eigenvalue weighted by molar-refractivity contribution is 6.32. The van der Waals surface area contributed by atoms with E-state index in [0.29, 0.717) is 48.7 Å². The summed E-state index contributed by atoms with van der Waals surface area (Å²) in [6.07, 6.45) is 3.92. The molecule has 2 heterocycles. The van der Waals surface area contributed by atoms with Crippen LogP contribution in [0.25, 0.3) is 0 Å². The first kappa shape index (κ1) is 24.3. The summed E-state index contributed by atoms with van der Waals surface area (Å²) in [7, 11) is 1.61. The van der Waals surface area contributed by atoms with Crippen molar-refractivity contribution in [3.05, 3.63) is 57.6 Å². The monoisotopic (exact) mass is 473 g/mol. The van der Waals surface area contributed by atoms with E-state index in [1.54, 1.807) is 14.0 Å². The van der Waals surface area contributed by atoms with Gasteiger partial charge in [0.25, 0.3) is 0 Å². The highest BCUT2D eigenvalue weighted by atomic mass is 35.5. The molecule has 0 aliphatic carbocycles. The Balaban J connectivity index is 1.48. The second-order valence-corrected chi connectivity index (χ2v) is 10.2. The highest BCUT2D eigenvalue weighted by Gasteiger charge is 2.48. The Morgan fingerprint density at radius 1 is 1.09 bits per heavy atom. The summed E-state index contributed by atoms with van der Waals surface area (Å²) in [5, 5.41) is 21.6. The van der Waals surface area contributed by atoms with E-state index in [-0.39, 0.29) is 6.10 Å². The Hall–Kier alpha value is -1.79. The van der Waals surface area contributed by atoms with Crippen molar-refractivity contribution in [1.29, 1.82) is 0 Å². The number of rotatable bonds is 8. The van der Waals surface area contributed by atoms with Crippen LogP contribution in [0.3, 0.4) is 0 Å². The van der Waals surface area contributed by atoms with Crippen LogP contribution in [0, 0.1) is 13.8 Å². The molecule has 2 aliphatic heterocycles. The molecule has 0 aromatic heterocycles. The Morgan fingerprint density at radius 3 is 2.42 bits per heavy atom. The molecule has 4 rings (SSSR count). The van der Waals surface area contributed by atoms with Crippen molar-refractivity contribution in [2.24, 2.45) is 0 Å². The molecule has 0 spiro atoms. The van der Waals surface area contributed by atoms with Crippen LogP contribution in [0.2, 0.25) is 5.02 Å². The maximum atomic E-state index is 11.6. The number of aliphatic hydroxyl groups is 2. The van der Waals surface area contributed by atoms with Gasteiger partial charge in [0.05, 0.1) is 30.4 Å². The summed E-state index contributed by atoms with van der Waals surface area (Å²) < 4.78 is 11.3. The molecule has 2 unspecified atom stereocenters. The van der Waals surface area contributed by atoms with Crippen LogP contribution in [0.15, 0.2) is 30.3 Å². The first-order valence-electron chi connectivity index (χ1n) is 11.9. The topological polar surface area (TPSA) is 62.2 Å². The van der Waals surface area contributed by atoms with Crippen molar-refractivity contribution in [2.45, 2.75) is 83.2 Å². The Kier molecular flexibility index (Phi) is 7.25. The smallest absolute Gasteiger partial charge is 0.137 e. The predicted octanol–water partition coefficient (Wildman–Crippen LogP) is 5.13. The van der Waals surface area contributed by atoms with Gasteiger partial charge in [0.1, 0.15) is 11.5 Å². The average Bonchev–Trinajstić information content (AvgIpc) is 3.02. The largest absolute Gasteiger partial charge is 0.495 e. The van der Waals surface area contributed by atoms with Crippen molar-refractivity contribution in [1.82, 2.24) is 4.90 Å². The van der Waals surface area contributed by atoms with E-state index in [4.69, 9.17) is 21.1 Å². The van der Waals surface area contributed by atoms with Crippen molar-refractivity contribution < 1.29 is 19.7 Å². The van der Waals surface area contributed by atoms with Crippen molar-refractivity contribution >= 4 is 11.6 Å². The van der Waals surface area contributed by atoms with Gasteiger partial charge in [-0.1, -0.05) is 23.7 Å². The fourth-order valence-electron chi connectivity index (χ4n) is 5.47. The minimum atomic E-state index is -0.854. The minimum absolute atomic E-state index is 0.345.